The van der Waals surface area contributed by atoms with Crippen molar-refractivity contribution >= 4 is 17.7 Å². The van der Waals surface area contributed by atoms with E-state index in [4.69, 9.17) is 4.74 Å². The summed E-state index contributed by atoms with van der Waals surface area (Å²) in [6.07, 6.45) is -1.36. The molecule has 226 valence electrons. The first-order valence-corrected chi connectivity index (χ1v) is 13.9. The fourth-order valence-electron chi connectivity index (χ4n) is 4.90. The van der Waals surface area contributed by atoms with E-state index in [0.29, 0.717) is 23.7 Å². The molecule has 2 atom stereocenters. The summed E-state index contributed by atoms with van der Waals surface area (Å²) in [5, 5.41) is 3.28. The first-order valence-electron chi connectivity index (χ1n) is 13.9. The van der Waals surface area contributed by atoms with Crippen LogP contribution in [-0.4, -0.2) is 62.0 Å². The number of alkyl halides is 3. The van der Waals surface area contributed by atoms with Gasteiger partial charge in [0.2, 0.25) is 5.56 Å². The number of aromatic nitrogens is 1. The quantitative estimate of drug-likeness (QED) is 0.258. The van der Waals surface area contributed by atoms with Crippen LogP contribution in [0.4, 0.5) is 28.9 Å². The molecule has 0 spiro atoms. The number of carbonyl (C=O) groups is 1. The van der Waals surface area contributed by atoms with Crippen LogP contribution in [0.1, 0.15) is 42.6 Å². The van der Waals surface area contributed by atoms with E-state index in [9.17, 15) is 22.8 Å². The summed E-state index contributed by atoms with van der Waals surface area (Å²) < 4.78 is 57.3. The number of benzene rings is 2. The van der Waals surface area contributed by atoms with Gasteiger partial charge in [-0.3, -0.25) is 14.5 Å². The molecule has 11 heteroatoms. The van der Waals surface area contributed by atoms with Crippen LogP contribution >= 0.6 is 0 Å². The predicted octanol–water partition coefficient (Wildman–Crippen LogP) is 6.06. The number of halogens is 4. The van der Waals surface area contributed by atoms with Crippen LogP contribution in [0.2, 0.25) is 0 Å². The molecule has 42 heavy (non-hydrogen) atoms. The molecular formula is C31H36F4N4O3. The van der Waals surface area contributed by atoms with Crippen molar-refractivity contribution in [2.75, 3.05) is 44.0 Å². The summed E-state index contributed by atoms with van der Waals surface area (Å²) in [6, 6.07) is 12.6. The van der Waals surface area contributed by atoms with Crippen LogP contribution in [0.3, 0.4) is 0 Å². The Kier molecular flexibility index (Phi) is 9.60. The largest absolute Gasteiger partial charge is 0.493 e. The van der Waals surface area contributed by atoms with Gasteiger partial charge in [-0.25, -0.2) is 4.39 Å². The number of pyridine rings is 1. The molecule has 0 amide bonds. The van der Waals surface area contributed by atoms with Gasteiger partial charge in [0.25, 0.3) is 0 Å². The molecule has 5 rings (SSSR count). The number of carbonyl (C=O) groups excluding carboxylic acids is 1. The second kappa shape index (κ2) is 13.0. The number of hydrogen-bond acceptors (Lipinski definition) is 6. The van der Waals surface area contributed by atoms with Gasteiger partial charge >= 0.3 is 6.18 Å². The van der Waals surface area contributed by atoms with Gasteiger partial charge in [0.15, 0.2) is 6.29 Å². The zero-order valence-corrected chi connectivity index (χ0v) is 24.1. The molecule has 0 radical (unpaired) electrons. The predicted molar refractivity (Wildman–Crippen MR) is 156 cm³/mol. The monoisotopic (exact) mass is 588 g/mol. The van der Waals surface area contributed by atoms with Gasteiger partial charge in [-0.05, 0) is 69.5 Å². The standard InChI is InChI=1S/C24H32FN3O.C7H4F3NO2/c1-16-13-28(14-17(2)27(16)4)24-12-22(25)21(11-23(24)26-3)19-7-9-20(10-8-19)29-15-18-5-6-18;8-7(9,10)5-1-6(13)11-2-4(5)3-12/h7-12,16-18,26H,5-6,13-15H2,1-4H3;1-3H,(H,11,13). The molecule has 3 aromatic rings. The summed E-state index contributed by atoms with van der Waals surface area (Å²) in [7, 11) is 4.06. The Bertz CT molecular complexity index is 1430. The molecule has 1 aliphatic heterocycles. The normalized spacial score (nSPS) is 19.1. The van der Waals surface area contributed by atoms with Crippen molar-refractivity contribution in [3.05, 3.63) is 76.0 Å². The minimum absolute atomic E-state index is 0.0404. The maximum Gasteiger partial charge on any atom is 0.417 e. The Hall–Kier alpha value is -3.86. The molecule has 1 saturated carbocycles. The summed E-state index contributed by atoms with van der Waals surface area (Å²) >= 11 is 0. The molecule has 1 aliphatic carbocycles. The highest BCUT2D eigenvalue weighted by Gasteiger charge is 2.33. The van der Waals surface area contributed by atoms with Crippen molar-refractivity contribution in [1.29, 1.82) is 0 Å². The third-order valence-electron chi connectivity index (χ3n) is 7.79. The maximum atomic E-state index is 15.1. The van der Waals surface area contributed by atoms with Gasteiger partial charge in [-0.2, -0.15) is 13.2 Å². The minimum atomic E-state index is -4.68. The van der Waals surface area contributed by atoms with Gasteiger partial charge in [0.1, 0.15) is 11.6 Å². The van der Waals surface area contributed by atoms with Crippen molar-refractivity contribution < 1.29 is 27.1 Å². The van der Waals surface area contributed by atoms with E-state index in [0.717, 1.165) is 54.5 Å². The number of piperazine rings is 1. The molecule has 2 heterocycles. The molecule has 0 bridgehead atoms. The van der Waals surface area contributed by atoms with E-state index >= 15 is 4.39 Å². The van der Waals surface area contributed by atoms with Crippen LogP contribution in [-0.2, 0) is 6.18 Å². The Morgan fingerprint density at radius 3 is 2.26 bits per heavy atom. The van der Waals surface area contributed by atoms with E-state index in [2.05, 4.69) is 36.0 Å². The topological polar surface area (TPSA) is 77.7 Å². The number of aromatic amines is 1. The SMILES string of the molecule is CNc1cc(-c2ccc(OCC3CC3)cc2)c(F)cc1N1CC(C)N(C)C(C)C1.O=Cc1c[nH]c(=O)cc1C(F)(F)F. The van der Waals surface area contributed by atoms with Crippen molar-refractivity contribution in [2.24, 2.45) is 5.92 Å². The fourth-order valence-corrected chi connectivity index (χ4v) is 4.90. The first-order chi connectivity index (χ1) is 19.9. The highest BCUT2D eigenvalue weighted by molar-refractivity contribution is 5.79. The van der Waals surface area contributed by atoms with E-state index in [1.54, 1.807) is 6.07 Å². The number of H-pyrrole nitrogens is 1. The summed E-state index contributed by atoms with van der Waals surface area (Å²) in [5.74, 6) is 1.38. The van der Waals surface area contributed by atoms with E-state index in [-0.39, 0.29) is 12.1 Å². The van der Waals surface area contributed by atoms with Gasteiger partial charge in [-0.15, -0.1) is 0 Å². The molecule has 2 unspecified atom stereocenters. The van der Waals surface area contributed by atoms with Crippen molar-refractivity contribution in [3.8, 4) is 16.9 Å². The number of rotatable bonds is 7. The first kappa shape index (κ1) is 31.1. The third-order valence-corrected chi connectivity index (χ3v) is 7.79. The lowest BCUT2D eigenvalue weighted by Gasteiger charge is -2.44. The van der Waals surface area contributed by atoms with Gasteiger partial charge in [-0.1, -0.05) is 12.1 Å². The average molecular weight is 589 g/mol. The summed E-state index contributed by atoms with van der Waals surface area (Å²) in [4.78, 5) is 27.3. The Labute approximate surface area is 242 Å². The smallest absolute Gasteiger partial charge is 0.417 e. The zero-order valence-electron chi connectivity index (χ0n) is 24.1. The second-order valence-electron chi connectivity index (χ2n) is 10.9. The Morgan fingerprint density at radius 2 is 1.71 bits per heavy atom. The second-order valence-corrected chi connectivity index (χ2v) is 10.9. The van der Waals surface area contributed by atoms with Crippen LogP contribution in [0.15, 0.2) is 53.5 Å². The number of nitrogens with zero attached hydrogens (tertiary/aromatic N) is 2. The number of aldehydes is 1. The number of nitrogens with one attached hydrogen (secondary N) is 2. The molecule has 2 aromatic carbocycles. The van der Waals surface area contributed by atoms with E-state index < -0.39 is 22.9 Å². The number of likely N-dealkylation sites (N-methyl/N-ethyl adjacent to an activating group) is 1. The third kappa shape index (κ3) is 7.50. The molecule has 1 saturated heterocycles. The van der Waals surface area contributed by atoms with Gasteiger partial charge < -0.3 is 19.9 Å². The van der Waals surface area contributed by atoms with Crippen LogP contribution in [0, 0.1) is 11.7 Å². The average Bonchev–Trinajstić information content (AvgIpc) is 3.79. The van der Waals surface area contributed by atoms with Gasteiger partial charge in [0.05, 0.1) is 23.5 Å². The van der Waals surface area contributed by atoms with Crippen LogP contribution in [0.5, 0.6) is 5.75 Å². The lowest BCUT2D eigenvalue weighted by Crippen LogP contribution is -2.55. The summed E-state index contributed by atoms with van der Waals surface area (Å²) in [5.41, 5.74) is 0.687. The number of ether oxygens (including phenoxy) is 1. The van der Waals surface area contributed by atoms with Crippen LogP contribution < -0.4 is 20.5 Å². The summed E-state index contributed by atoms with van der Waals surface area (Å²) in [6.45, 7) is 7.01. The maximum absolute atomic E-state index is 15.1. The molecular weight excluding hydrogens is 552 g/mol. The highest BCUT2D eigenvalue weighted by atomic mass is 19.4. The van der Waals surface area contributed by atoms with Crippen molar-refractivity contribution in [3.63, 3.8) is 0 Å². The molecule has 1 aromatic heterocycles. The molecule has 7 nitrogen and oxygen atoms in total. The number of anilines is 2. The van der Waals surface area contributed by atoms with Crippen molar-refractivity contribution in [2.45, 2.75) is 44.9 Å². The highest BCUT2D eigenvalue weighted by Crippen LogP contribution is 2.36. The number of hydrogen-bond donors (Lipinski definition) is 2. The lowest BCUT2D eigenvalue weighted by atomic mass is 10.0. The van der Waals surface area contributed by atoms with Crippen LogP contribution in [0.25, 0.3) is 11.1 Å². The van der Waals surface area contributed by atoms with Gasteiger partial charge in [0, 0.05) is 55.6 Å². The Morgan fingerprint density at radius 1 is 1.07 bits per heavy atom. The lowest BCUT2D eigenvalue weighted by molar-refractivity contribution is -0.138. The Balaban J connectivity index is 0.000000262. The fraction of sp³-hybridized carbons (Fsp3) is 0.419. The molecule has 2 aliphatic rings. The molecule has 2 N–H and O–H groups in total. The van der Waals surface area contributed by atoms with E-state index in [1.165, 1.54) is 12.8 Å². The minimum Gasteiger partial charge on any atom is -0.493 e. The van der Waals surface area contributed by atoms with Crippen molar-refractivity contribution in [1.82, 2.24) is 9.88 Å². The van der Waals surface area contributed by atoms with E-state index in [1.807, 2.05) is 42.4 Å². The zero-order chi connectivity index (χ0) is 30.6. The molecule has 2 fully saturated rings.